The fraction of sp³-hybridized carbons (Fsp3) is 0.222. The van der Waals surface area contributed by atoms with Crippen LogP contribution in [0.1, 0.15) is 48.4 Å². The quantitative estimate of drug-likeness (QED) is 0.143. The van der Waals surface area contributed by atoms with Gasteiger partial charge in [0.15, 0.2) is 18.3 Å². The van der Waals surface area contributed by atoms with Crippen LogP contribution in [0, 0.1) is 0 Å². The zero-order valence-electron chi connectivity index (χ0n) is 24.9. The molecule has 0 amide bonds. The lowest BCUT2D eigenvalue weighted by molar-refractivity contribution is -0.207. The summed E-state index contributed by atoms with van der Waals surface area (Å²) >= 11 is 1.30. The number of hydrogen-bond donors (Lipinski definition) is 0. The van der Waals surface area contributed by atoms with Crippen molar-refractivity contribution in [2.45, 2.75) is 36.8 Å². The molecule has 10 heteroatoms. The predicted octanol–water partition coefficient (Wildman–Crippen LogP) is 6.00. The molecule has 0 bridgehead atoms. The van der Waals surface area contributed by atoms with Crippen LogP contribution in [0.15, 0.2) is 121 Å². The lowest BCUT2D eigenvalue weighted by atomic mass is 9.98. The maximum Gasteiger partial charge on any atom is 0.338 e. The van der Waals surface area contributed by atoms with Crippen LogP contribution in [0.25, 0.3) is 0 Å². The zero-order chi connectivity index (χ0) is 32.3. The van der Waals surface area contributed by atoms with E-state index in [0.717, 1.165) is 0 Å². The van der Waals surface area contributed by atoms with E-state index in [-0.39, 0.29) is 23.3 Å². The number of benzene rings is 4. The van der Waals surface area contributed by atoms with E-state index in [1.165, 1.54) is 11.8 Å². The first-order valence-electron chi connectivity index (χ1n) is 14.7. The van der Waals surface area contributed by atoms with Crippen molar-refractivity contribution in [3.8, 4) is 0 Å². The first-order chi connectivity index (χ1) is 22.4. The van der Waals surface area contributed by atoms with E-state index in [2.05, 4.69) is 0 Å². The molecule has 236 valence electrons. The largest absolute Gasteiger partial charge is 0.459 e. The summed E-state index contributed by atoms with van der Waals surface area (Å²) in [4.78, 5) is 53.2. The molecule has 5 atom stereocenters. The lowest BCUT2D eigenvalue weighted by Crippen LogP contribution is -2.61. The van der Waals surface area contributed by atoms with Gasteiger partial charge in [0.1, 0.15) is 18.1 Å². The fourth-order valence-electron chi connectivity index (χ4n) is 4.83. The molecule has 1 aliphatic heterocycles. The summed E-state index contributed by atoms with van der Waals surface area (Å²) in [5.41, 5.74) is 0.184. The Morgan fingerprint density at radius 3 is 1.33 bits per heavy atom. The third-order valence-electron chi connectivity index (χ3n) is 7.07. The number of thioether (sulfide) groups is 1. The molecule has 5 rings (SSSR count). The number of carbonyl (C=O) groups is 4. The van der Waals surface area contributed by atoms with Gasteiger partial charge in [-0.25, -0.2) is 19.2 Å². The van der Waals surface area contributed by atoms with Gasteiger partial charge in [0.2, 0.25) is 0 Å². The second-order valence-corrected chi connectivity index (χ2v) is 11.5. The van der Waals surface area contributed by atoms with Gasteiger partial charge in [-0.2, -0.15) is 0 Å². The summed E-state index contributed by atoms with van der Waals surface area (Å²) in [6, 6.07) is 33.3. The van der Waals surface area contributed by atoms with E-state index in [1.54, 1.807) is 121 Å². The second kappa shape index (κ2) is 15.9. The van der Waals surface area contributed by atoms with Gasteiger partial charge in [-0.1, -0.05) is 79.7 Å². The molecular formula is C36H32O9S. The van der Waals surface area contributed by atoms with Crippen molar-refractivity contribution in [1.82, 2.24) is 0 Å². The van der Waals surface area contributed by atoms with Crippen LogP contribution in [-0.4, -0.2) is 66.1 Å². The van der Waals surface area contributed by atoms with E-state index in [4.69, 9.17) is 23.7 Å². The maximum absolute atomic E-state index is 13.5. The monoisotopic (exact) mass is 640 g/mol. The van der Waals surface area contributed by atoms with Gasteiger partial charge in [-0.05, 0) is 54.3 Å². The number of ether oxygens (including phenoxy) is 5. The number of rotatable bonds is 11. The van der Waals surface area contributed by atoms with E-state index in [0.29, 0.717) is 11.3 Å². The zero-order valence-corrected chi connectivity index (χ0v) is 25.7. The van der Waals surface area contributed by atoms with E-state index >= 15 is 0 Å². The first-order valence-corrected chi connectivity index (χ1v) is 15.8. The highest BCUT2D eigenvalue weighted by Crippen LogP contribution is 2.35. The van der Waals surface area contributed by atoms with Crippen LogP contribution in [0.3, 0.4) is 0 Å². The molecule has 0 spiro atoms. The molecule has 0 saturated carbocycles. The summed E-state index contributed by atoms with van der Waals surface area (Å²) in [5.74, 6) is -2.22. The summed E-state index contributed by atoms with van der Waals surface area (Å²) in [6.45, 7) is 1.54. The van der Waals surface area contributed by atoms with Gasteiger partial charge in [-0.3, -0.25) is 0 Å². The van der Waals surface area contributed by atoms with Crippen molar-refractivity contribution in [2.24, 2.45) is 0 Å². The van der Waals surface area contributed by atoms with Crippen molar-refractivity contribution < 1.29 is 42.9 Å². The highest BCUT2D eigenvalue weighted by molar-refractivity contribution is 7.99. The molecule has 0 aromatic heterocycles. The summed E-state index contributed by atoms with van der Waals surface area (Å²) in [7, 11) is 0. The van der Waals surface area contributed by atoms with Gasteiger partial charge in [0.25, 0.3) is 0 Å². The molecule has 0 unspecified atom stereocenters. The van der Waals surface area contributed by atoms with Crippen LogP contribution in [0.2, 0.25) is 0 Å². The molecule has 1 fully saturated rings. The Kier molecular flexibility index (Phi) is 11.2. The van der Waals surface area contributed by atoms with Crippen molar-refractivity contribution in [1.29, 1.82) is 0 Å². The Morgan fingerprint density at radius 1 is 0.543 bits per heavy atom. The SMILES string of the molecule is CCS[C@H]1O[C@H](COC(=O)c2ccccc2)[C@H](OC(=O)c2ccccc2)[C@H](OC(=O)c2ccccc2)[C@H]1OC(=O)c1ccccc1. The third-order valence-corrected chi connectivity index (χ3v) is 8.11. The van der Waals surface area contributed by atoms with E-state index in [1.807, 2.05) is 6.92 Å². The molecule has 1 heterocycles. The molecule has 0 radical (unpaired) electrons. The average molecular weight is 641 g/mol. The average Bonchev–Trinajstić information content (AvgIpc) is 3.11. The van der Waals surface area contributed by atoms with Gasteiger partial charge in [0.05, 0.1) is 22.3 Å². The van der Waals surface area contributed by atoms with Gasteiger partial charge < -0.3 is 23.7 Å². The highest BCUT2D eigenvalue weighted by atomic mass is 32.2. The topological polar surface area (TPSA) is 114 Å². The Hall–Kier alpha value is -4.93. The molecule has 1 aliphatic rings. The summed E-state index contributed by atoms with van der Waals surface area (Å²) in [5, 5.41) is 0. The molecule has 4 aromatic carbocycles. The van der Waals surface area contributed by atoms with Gasteiger partial charge in [0, 0.05) is 0 Å². The van der Waals surface area contributed by atoms with Crippen LogP contribution in [-0.2, 0) is 23.7 Å². The first kappa shape index (κ1) is 32.5. The molecule has 1 saturated heterocycles. The van der Waals surface area contributed by atoms with Gasteiger partial charge >= 0.3 is 23.9 Å². The minimum atomic E-state index is -1.34. The van der Waals surface area contributed by atoms with E-state index < -0.39 is 53.7 Å². The van der Waals surface area contributed by atoms with Crippen molar-refractivity contribution in [3.63, 3.8) is 0 Å². The van der Waals surface area contributed by atoms with Crippen LogP contribution in [0.5, 0.6) is 0 Å². The Morgan fingerprint density at radius 2 is 0.913 bits per heavy atom. The van der Waals surface area contributed by atoms with Crippen molar-refractivity contribution in [3.05, 3.63) is 144 Å². The molecule has 4 aromatic rings. The fourth-order valence-corrected chi connectivity index (χ4v) is 5.78. The van der Waals surface area contributed by atoms with Gasteiger partial charge in [-0.15, -0.1) is 11.8 Å². The van der Waals surface area contributed by atoms with Crippen LogP contribution < -0.4 is 0 Å². The number of carbonyl (C=O) groups excluding carboxylic acids is 4. The number of hydrogen-bond acceptors (Lipinski definition) is 10. The smallest absolute Gasteiger partial charge is 0.338 e. The van der Waals surface area contributed by atoms with Crippen LogP contribution in [0.4, 0.5) is 0 Å². The minimum absolute atomic E-state index is 0.235. The molecule has 46 heavy (non-hydrogen) atoms. The summed E-state index contributed by atoms with van der Waals surface area (Å²) in [6.07, 6.45) is -4.98. The van der Waals surface area contributed by atoms with E-state index in [9.17, 15) is 19.2 Å². The Bertz CT molecular complexity index is 1600. The highest BCUT2D eigenvalue weighted by Gasteiger charge is 2.53. The van der Waals surface area contributed by atoms with Crippen molar-refractivity contribution >= 4 is 35.6 Å². The Balaban J connectivity index is 1.52. The Labute approximate surface area is 270 Å². The second-order valence-electron chi connectivity index (χ2n) is 10.2. The molecular weight excluding hydrogens is 608 g/mol. The normalized spacial score (nSPS) is 20.6. The molecule has 9 nitrogen and oxygen atoms in total. The maximum atomic E-state index is 13.5. The standard InChI is InChI=1S/C36H32O9S/c1-2-46-36-31(45-35(40)27-21-13-6-14-22-27)30(44-34(39)26-19-11-5-12-20-26)29(43-33(38)25-17-9-4-10-18-25)28(42-36)23-41-32(37)24-15-7-3-8-16-24/h3-22,28-31,36H,2,23H2,1H3/t28-,29+,30+,31-,36-/m1/s1. The van der Waals surface area contributed by atoms with Crippen molar-refractivity contribution in [2.75, 3.05) is 12.4 Å². The molecule has 0 aliphatic carbocycles. The predicted molar refractivity (Wildman–Crippen MR) is 170 cm³/mol. The third kappa shape index (κ3) is 8.21. The minimum Gasteiger partial charge on any atom is -0.459 e. The molecule has 0 N–H and O–H groups in total. The summed E-state index contributed by atoms with van der Waals surface area (Å²) < 4.78 is 30.0. The lowest BCUT2D eigenvalue weighted by Gasteiger charge is -2.44. The van der Waals surface area contributed by atoms with Crippen LogP contribution >= 0.6 is 11.8 Å². The number of esters is 4.